The van der Waals surface area contributed by atoms with Crippen molar-refractivity contribution in [3.8, 4) is 0 Å². The van der Waals surface area contributed by atoms with E-state index in [4.69, 9.17) is 0 Å². The van der Waals surface area contributed by atoms with Crippen LogP contribution < -0.4 is 10.2 Å². The largest absolute Gasteiger partial charge is 0.370 e. The van der Waals surface area contributed by atoms with E-state index in [1.807, 2.05) is 0 Å². The van der Waals surface area contributed by atoms with Crippen LogP contribution in [-0.4, -0.2) is 26.2 Å². The van der Waals surface area contributed by atoms with Crippen LogP contribution in [0.1, 0.15) is 0 Å². The predicted octanol–water partition coefficient (Wildman–Crippen LogP) is 1.86. The van der Waals surface area contributed by atoms with E-state index < -0.39 is 0 Å². The Kier molecular flexibility index (Phi) is 1.86. The number of halogens is 1. The van der Waals surface area contributed by atoms with Gasteiger partial charge in [0, 0.05) is 41.8 Å². The summed E-state index contributed by atoms with van der Waals surface area (Å²) in [6.07, 6.45) is 0. The molecule has 2 saturated heterocycles. The number of nitrogens with zero attached hydrogens (tertiary/aromatic N) is 1. The van der Waals surface area contributed by atoms with Gasteiger partial charge in [-0.05, 0) is 18.2 Å². The molecule has 0 saturated carbocycles. The lowest BCUT2D eigenvalue weighted by Gasteiger charge is -2.57. The van der Waals surface area contributed by atoms with Gasteiger partial charge in [0.15, 0.2) is 0 Å². The number of benzene rings is 1. The summed E-state index contributed by atoms with van der Waals surface area (Å²) in [5, 5.41) is 3.35. The lowest BCUT2D eigenvalue weighted by atomic mass is 9.74. The first-order valence-electron chi connectivity index (χ1n) is 4.99. The van der Waals surface area contributed by atoms with Crippen LogP contribution in [0.3, 0.4) is 0 Å². The van der Waals surface area contributed by atoms with Crippen LogP contribution in [0.2, 0.25) is 0 Å². The zero-order valence-electron chi connectivity index (χ0n) is 7.96. The summed E-state index contributed by atoms with van der Waals surface area (Å²) in [6.45, 7) is 4.85. The standard InChI is InChI=1S/C11H13BrN2/c12-9-2-1-3-10(4-9)14-7-11(8-14)5-13-6-11/h1-4,13H,5-8H2. The number of nitrogens with one attached hydrogen (secondary N) is 1. The Hall–Kier alpha value is -0.540. The minimum Gasteiger partial charge on any atom is -0.370 e. The van der Waals surface area contributed by atoms with Crippen molar-refractivity contribution in [3.05, 3.63) is 28.7 Å². The molecule has 0 aromatic heterocycles. The molecule has 3 rings (SSSR count). The molecule has 2 aliphatic heterocycles. The normalized spacial score (nSPS) is 23.1. The average molecular weight is 253 g/mol. The molecule has 14 heavy (non-hydrogen) atoms. The van der Waals surface area contributed by atoms with Gasteiger partial charge < -0.3 is 10.2 Å². The van der Waals surface area contributed by atoms with Gasteiger partial charge in [0.2, 0.25) is 0 Å². The summed E-state index contributed by atoms with van der Waals surface area (Å²) in [5.41, 5.74) is 1.96. The topological polar surface area (TPSA) is 15.3 Å². The van der Waals surface area contributed by atoms with Crippen LogP contribution in [-0.2, 0) is 0 Å². The maximum Gasteiger partial charge on any atom is 0.0377 e. The molecule has 0 bridgehead atoms. The highest BCUT2D eigenvalue weighted by molar-refractivity contribution is 9.10. The molecule has 1 aromatic carbocycles. The fourth-order valence-corrected chi connectivity index (χ4v) is 2.71. The Balaban J connectivity index is 1.73. The lowest BCUT2D eigenvalue weighted by molar-refractivity contribution is 0.121. The number of hydrogen-bond acceptors (Lipinski definition) is 2. The molecule has 1 aromatic rings. The third-order valence-electron chi connectivity index (χ3n) is 3.23. The summed E-state index contributed by atoms with van der Waals surface area (Å²) in [4.78, 5) is 2.45. The maximum atomic E-state index is 3.50. The zero-order chi connectivity index (χ0) is 9.60. The minimum absolute atomic E-state index is 0.613. The second kappa shape index (κ2) is 2.97. The van der Waals surface area contributed by atoms with E-state index in [1.165, 1.54) is 36.3 Å². The van der Waals surface area contributed by atoms with Crippen LogP contribution in [0.25, 0.3) is 0 Å². The first-order valence-corrected chi connectivity index (χ1v) is 5.78. The molecule has 0 radical (unpaired) electrons. The second-order valence-corrected chi connectivity index (χ2v) is 5.36. The van der Waals surface area contributed by atoms with Crippen LogP contribution in [0.4, 0.5) is 5.69 Å². The van der Waals surface area contributed by atoms with Crippen molar-refractivity contribution in [3.63, 3.8) is 0 Å². The Morgan fingerprint density at radius 2 is 2.07 bits per heavy atom. The fraction of sp³-hybridized carbons (Fsp3) is 0.455. The van der Waals surface area contributed by atoms with E-state index in [0.29, 0.717) is 5.41 Å². The van der Waals surface area contributed by atoms with Gasteiger partial charge in [0.05, 0.1) is 0 Å². The number of hydrogen-bond donors (Lipinski definition) is 1. The van der Waals surface area contributed by atoms with Crippen molar-refractivity contribution in [2.24, 2.45) is 5.41 Å². The van der Waals surface area contributed by atoms with Crippen molar-refractivity contribution in [2.75, 3.05) is 31.1 Å². The van der Waals surface area contributed by atoms with Crippen molar-refractivity contribution >= 4 is 21.6 Å². The van der Waals surface area contributed by atoms with Gasteiger partial charge >= 0.3 is 0 Å². The third-order valence-corrected chi connectivity index (χ3v) is 3.72. The molecule has 0 unspecified atom stereocenters. The molecule has 2 nitrogen and oxygen atoms in total. The van der Waals surface area contributed by atoms with Crippen molar-refractivity contribution < 1.29 is 0 Å². The van der Waals surface area contributed by atoms with Crippen molar-refractivity contribution in [2.45, 2.75) is 0 Å². The van der Waals surface area contributed by atoms with Gasteiger partial charge in [-0.1, -0.05) is 22.0 Å². The Morgan fingerprint density at radius 3 is 2.64 bits per heavy atom. The predicted molar refractivity (Wildman–Crippen MR) is 61.7 cm³/mol. The Bertz CT molecular complexity index is 352. The molecule has 0 atom stereocenters. The van der Waals surface area contributed by atoms with Gasteiger partial charge in [-0.15, -0.1) is 0 Å². The first kappa shape index (κ1) is 8.74. The molecular weight excluding hydrogens is 240 g/mol. The number of anilines is 1. The highest BCUT2D eigenvalue weighted by Gasteiger charge is 2.47. The molecular formula is C11H13BrN2. The molecule has 0 amide bonds. The van der Waals surface area contributed by atoms with E-state index in [9.17, 15) is 0 Å². The quantitative estimate of drug-likeness (QED) is 0.821. The molecule has 3 heteroatoms. The molecule has 1 N–H and O–H groups in total. The van der Waals surface area contributed by atoms with E-state index in [1.54, 1.807) is 0 Å². The smallest absolute Gasteiger partial charge is 0.0377 e. The van der Waals surface area contributed by atoms with E-state index in [-0.39, 0.29) is 0 Å². The van der Waals surface area contributed by atoms with Crippen LogP contribution in [0, 0.1) is 5.41 Å². The zero-order valence-corrected chi connectivity index (χ0v) is 9.55. The Morgan fingerprint density at radius 1 is 1.29 bits per heavy atom. The first-order chi connectivity index (χ1) is 6.77. The number of rotatable bonds is 1. The van der Waals surface area contributed by atoms with E-state index in [2.05, 4.69) is 50.4 Å². The van der Waals surface area contributed by atoms with Crippen molar-refractivity contribution in [1.29, 1.82) is 0 Å². The highest BCUT2D eigenvalue weighted by Crippen LogP contribution is 2.37. The molecule has 2 heterocycles. The Labute approximate surface area is 92.4 Å². The fourth-order valence-electron chi connectivity index (χ4n) is 2.32. The van der Waals surface area contributed by atoms with E-state index >= 15 is 0 Å². The van der Waals surface area contributed by atoms with E-state index in [0.717, 1.165) is 0 Å². The summed E-state index contributed by atoms with van der Waals surface area (Å²) >= 11 is 3.50. The maximum absolute atomic E-state index is 3.50. The highest BCUT2D eigenvalue weighted by atomic mass is 79.9. The van der Waals surface area contributed by atoms with Crippen LogP contribution in [0.5, 0.6) is 0 Å². The minimum atomic E-state index is 0.613. The van der Waals surface area contributed by atoms with Crippen LogP contribution >= 0.6 is 15.9 Å². The monoisotopic (exact) mass is 252 g/mol. The van der Waals surface area contributed by atoms with Gasteiger partial charge in [-0.3, -0.25) is 0 Å². The summed E-state index contributed by atoms with van der Waals surface area (Å²) in [7, 11) is 0. The third kappa shape index (κ3) is 1.27. The average Bonchev–Trinajstić information content (AvgIpc) is 1.98. The second-order valence-electron chi connectivity index (χ2n) is 4.44. The molecule has 1 spiro atoms. The summed E-state index contributed by atoms with van der Waals surface area (Å²) in [5.74, 6) is 0. The van der Waals surface area contributed by atoms with Gasteiger partial charge in [-0.25, -0.2) is 0 Å². The van der Waals surface area contributed by atoms with Gasteiger partial charge in [0.25, 0.3) is 0 Å². The molecule has 74 valence electrons. The van der Waals surface area contributed by atoms with Crippen LogP contribution in [0.15, 0.2) is 28.7 Å². The SMILES string of the molecule is Brc1cccc(N2CC3(CNC3)C2)c1. The molecule has 2 aliphatic rings. The summed E-state index contributed by atoms with van der Waals surface area (Å²) in [6, 6.07) is 8.55. The van der Waals surface area contributed by atoms with Gasteiger partial charge in [-0.2, -0.15) is 0 Å². The van der Waals surface area contributed by atoms with Crippen molar-refractivity contribution in [1.82, 2.24) is 5.32 Å². The molecule has 2 fully saturated rings. The van der Waals surface area contributed by atoms with Gasteiger partial charge in [0.1, 0.15) is 0 Å². The lowest BCUT2D eigenvalue weighted by Crippen LogP contribution is -2.71. The summed E-state index contributed by atoms with van der Waals surface area (Å²) < 4.78 is 1.17. The molecule has 0 aliphatic carbocycles.